The number of rotatable bonds is 6. The van der Waals surface area contributed by atoms with Gasteiger partial charge >= 0.3 is 0 Å². The molecule has 7 heteroatoms. The largest absolute Gasteiger partial charge is 0.497 e. The fourth-order valence-corrected chi connectivity index (χ4v) is 5.17. The monoisotopic (exact) mass is 500 g/mol. The molecule has 1 aliphatic carbocycles. The third-order valence-electron chi connectivity index (χ3n) is 7.14. The first-order valence-corrected chi connectivity index (χ1v) is 12.2. The number of benzene rings is 3. The van der Waals surface area contributed by atoms with Crippen LogP contribution in [0.25, 0.3) is 0 Å². The molecule has 3 aromatic rings. The van der Waals surface area contributed by atoms with Crippen molar-refractivity contribution < 1.29 is 24.2 Å². The summed E-state index contributed by atoms with van der Waals surface area (Å²) in [6.07, 6.45) is -0.322. The highest BCUT2D eigenvalue weighted by molar-refractivity contribution is 6.10. The molecule has 0 bridgehead atoms. The minimum absolute atomic E-state index is 0.322. The summed E-state index contributed by atoms with van der Waals surface area (Å²) in [4.78, 5) is 40.9. The molecule has 0 saturated heterocycles. The van der Waals surface area contributed by atoms with Gasteiger partial charge in [-0.25, -0.2) is 0 Å². The minimum atomic E-state index is -1.67. The summed E-state index contributed by atoms with van der Waals surface area (Å²) in [5.41, 5.74) is 1.82. The molecule has 37 heavy (non-hydrogen) atoms. The van der Waals surface area contributed by atoms with Crippen molar-refractivity contribution >= 4 is 29.0 Å². The van der Waals surface area contributed by atoms with Gasteiger partial charge in [0.2, 0.25) is 11.8 Å². The molecule has 0 aliphatic heterocycles. The molecule has 4 atom stereocenters. The lowest BCUT2D eigenvalue weighted by Gasteiger charge is -2.44. The SMILES string of the molecule is COc1ccc(C2C(C(=O)Nc3ccccc3C)C(=O)CC(C)(O)C2C(=O)Nc2ccccc2C)cc1. The summed E-state index contributed by atoms with van der Waals surface area (Å²) in [5.74, 6) is -3.95. The van der Waals surface area contributed by atoms with E-state index < -0.39 is 41.0 Å². The number of ether oxygens (including phenoxy) is 1. The van der Waals surface area contributed by atoms with Crippen LogP contribution >= 0.6 is 0 Å². The van der Waals surface area contributed by atoms with E-state index in [9.17, 15) is 19.5 Å². The average molecular weight is 501 g/mol. The predicted octanol–water partition coefficient (Wildman–Crippen LogP) is 4.63. The number of carbonyl (C=O) groups excluding carboxylic acids is 3. The molecule has 4 unspecified atom stereocenters. The zero-order chi connectivity index (χ0) is 26.7. The number of amides is 2. The number of aliphatic hydroxyl groups is 1. The van der Waals surface area contributed by atoms with E-state index in [4.69, 9.17) is 4.74 Å². The maximum Gasteiger partial charge on any atom is 0.235 e. The number of nitrogens with one attached hydrogen (secondary N) is 2. The third-order valence-corrected chi connectivity index (χ3v) is 7.14. The van der Waals surface area contributed by atoms with Crippen LogP contribution in [0, 0.1) is 25.7 Å². The van der Waals surface area contributed by atoms with Crippen molar-refractivity contribution in [3.63, 3.8) is 0 Å². The molecular formula is C30H32N2O5. The van der Waals surface area contributed by atoms with Gasteiger partial charge in [-0.15, -0.1) is 0 Å². The van der Waals surface area contributed by atoms with Gasteiger partial charge in [0.1, 0.15) is 17.5 Å². The van der Waals surface area contributed by atoms with Crippen LogP contribution in [0.4, 0.5) is 11.4 Å². The average Bonchev–Trinajstić information content (AvgIpc) is 2.85. The Labute approximate surface area is 216 Å². The number of anilines is 2. The maximum absolute atomic E-state index is 13.8. The Morgan fingerprint density at radius 1 is 0.865 bits per heavy atom. The van der Waals surface area contributed by atoms with Crippen molar-refractivity contribution in [2.24, 2.45) is 11.8 Å². The van der Waals surface area contributed by atoms with Gasteiger partial charge in [0.05, 0.1) is 18.6 Å². The number of ketones is 1. The Bertz CT molecular complexity index is 1320. The minimum Gasteiger partial charge on any atom is -0.497 e. The second-order valence-corrected chi connectivity index (χ2v) is 9.86. The Hall–Kier alpha value is -3.97. The smallest absolute Gasteiger partial charge is 0.235 e. The number of hydrogen-bond acceptors (Lipinski definition) is 5. The lowest BCUT2D eigenvalue weighted by molar-refractivity contribution is -0.150. The second kappa shape index (κ2) is 10.6. The van der Waals surface area contributed by atoms with Gasteiger partial charge in [-0.05, 0) is 61.7 Å². The molecule has 1 saturated carbocycles. The maximum atomic E-state index is 13.8. The van der Waals surface area contributed by atoms with Crippen LogP contribution in [0.15, 0.2) is 72.8 Å². The van der Waals surface area contributed by atoms with Crippen molar-refractivity contribution in [3.05, 3.63) is 89.5 Å². The summed E-state index contributed by atoms with van der Waals surface area (Å²) < 4.78 is 5.28. The first kappa shape index (κ1) is 26.1. The topological polar surface area (TPSA) is 105 Å². The molecule has 4 rings (SSSR count). The first-order valence-electron chi connectivity index (χ1n) is 12.2. The summed E-state index contributed by atoms with van der Waals surface area (Å²) in [7, 11) is 1.54. The van der Waals surface area contributed by atoms with E-state index in [1.165, 1.54) is 6.92 Å². The summed E-state index contributed by atoms with van der Waals surface area (Å²) in [5, 5.41) is 17.3. The molecule has 1 fully saturated rings. The van der Waals surface area contributed by atoms with Gasteiger partial charge < -0.3 is 20.5 Å². The van der Waals surface area contributed by atoms with Crippen molar-refractivity contribution in [2.45, 2.75) is 38.7 Å². The third kappa shape index (κ3) is 5.42. The van der Waals surface area contributed by atoms with Crippen LogP contribution in [0.2, 0.25) is 0 Å². The molecule has 7 nitrogen and oxygen atoms in total. The molecule has 0 spiro atoms. The van der Waals surface area contributed by atoms with Crippen molar-refractivity contribution in [1.29, 1.82) is 0 Å². The summed E-state index contributed by atoms with van der Waals surface area (Å²) in [6.45, 7) is 5.22. The lowest BCUT2D eigenvalue weighted by Crippen LogP contribution is -2.56. The van der Waals surface area contributed by atoms with Gasteiger partial charge in [-0.3, -0.25) is 14.4 Å². The van der Waals surface area contributed by atoms with Crippen LogP contribution in [-0.2, 0) is 14.4 Å². The van der Waals surface area contributed by atoms with Gasteiger partial charge in [0.15, 0.2) is 0 Å². The van der Waals surface area contributed by atoms with Gasteiger partial charge in [0, 0.05) is 23.7 Å². The van der Waals surface area contributed by atoms with Crippen LogP contribution in [0.3, 0.4) is 0 Å². The highest BCUT2D eigenvalue weighted by Gasteiger charge is 2.56. The number of carbonyl (C=O) groups is 3. The van der Waals surface area contributed by atoms with Crippen LogP contribution in [0.5, 0.6) is 5.75 Å². The predicted molar refractivity (Wildman–Crippen MR) is 143 cm³/mol. The van der Waals surface area contributed by atoms with E-state index in [2.05, 4.69) is 10.6 Å². The molecule has 0 radical (unpaired) electrons. The van der Waals surface area contributed by atoms with E-state index in [0.717, 1.165) is 11.1 Å². The Morgan fingerprint density at radius 2 is 1.38 bits per heavy atom. The van der Waals surface area contributed by atoms with E-state index in [1.54, 1.807) is 49.6 Å². The fraction of sp³-hybridized carbons (Fsp3) is 0.300. The zero-order valence-electron chi connectivity index (χ0n) is 21.4. The van der Waals surface area contributed by atoms with Gasteiger partial charge in [0.25, 0.3) is 0 Å². The molecule has 3 N–H and O–H groups in total. The highest BCUT2D eigenvalue weighted by atomic mass is 16.5. The van der Waals surface area contributed by atoms with E-state index in [-0.39, 0.29) is 6.42 Å². The van der Waals surface area contributed by atoms with E-state index in [0.29, 0.717) is 22.7 Å². The Balaban J connectivity index is 1.79. The molecule has 3 aromatic carbocycles. The van der Waals surface area contributed by atoms with E-state index in [1.807, 2.05) is 44.2 Å². The second-order valence-electron chi connectivity index (χ2n) is 9.86. The zero-order valence-corrected chi connectivity index (χ0v) is 21.4. The molecule has 2 amide bonds. The van der Waals surface area contributed by atoms with Crippen molar-refractivity contribution in [1.82, 2.24) is 0 Å². The van der Waals surface area contributed by atoms with E-state index >= 15 is 0 Å². The number of methoxy groups -OCH3 is 1. The van der Waals surface area contributed by atoms with Gasteiger partial charge in [-0.2, -0.15) is 0 Å². The standard InChI is InChI=1S/C30H32N2O5/c1-18-9-5-7-11-22(18)31-28(34)26-24(33)17-30(3,36)27(25(26)20-13-15-21(37-4)16-14-20)29(35)32-23-12-8-6-10-19(23)2/h5-16,25-27,36H,17H2,1-4H3,(H,31,34)(H,32,35). The molecule has 0 heterocycles. The Morgan fingerprint density at radius 3 is 1.89 bits per heavy atom. The van der Waals surface area contributed by atoms with Crippen molar-refractivity contribution in [3.8, 4) is 5.75 Å². The first-order chi connectivity index (χ1) is 17.6. The lowest BCUT2D eigenvalue weighted by atomic mass is 9.61. The fourth-order valence-electron chi connectivity index (χ4n) is 5.17. The summed E-state index contributed by atoms with van der Waals surface area (Å²) in [6, 6.07) is 21.5. The number of aryl methyl sites for hydroxylation is 2. The highest BCUT2D eigenvalue weighted by Crippen LogP contribution is 2.47. The van der Waals surface area contributed by atoms with Crippen LogP contribution in [-0.4, -0.2) is 35.4 Å². The van der Waals surface area contributed by atoms with Gasteiger partial charge in [-0.1, -0.05) is 48.5 Å². The molecule has 1 aliphatic rings. The van der Waals surface area contributed by atoms with Crippen LogP contribution in [0.1, 0.15) is 36.0 Å². The summed E-state index contributed by atoms with van der Waals surface area (Å²) >= 11 is 0. The normalized spacial score (nSPS) is 23.3. The quantitative estimate of drug-likeness (QED) is 0.428. The Kier molecular flexibility index (Phi) is 7.45. The number of hydrogen-bond donors (Lipinski definition) is 3. The number of para-hydroxylation sites is 2. The number of Topliss-reactive ketones (excluding diaryl/α,β-unsaturated/α-hetero) is 1. The van der Waals surface area contributed by atoms with Crippen molar-refractivity contribution in [2.75, 3.05) is 17.7 Å². The molecule has 0 aromatic heterocycles. The molecular weight excluding hydrogens is 468 g/mol. The molecule has 192 valence electrons. The van der Waals surface area contributed by atoms with Crippen LogP contribution < -0.4 is 15.4 Å².